The Morgan fingerprint density at radius 3 is 2.75 bits per heavy atom. The molecule has 0 aliphatic heterocycles. The molecule has 0 fully saturated rings. The highest BCUT2D eigenvalue weighted by atomic mass is 32.1. The zero-order chi connectivity index (χ0) is 14.8. The van der Waals surface area contributed by atoms with Crippen LogP contribution in [0, 0.1) is 0 Å². The molecule has 1 unspecified atom stereocenters. The predicted molar refractivity (Wildman–Crippen MR) is 78.6 cm³/mol. The van der Waals surface area contributed by atoms with E-state index in [1.165, 1.54) is 11.5 Å². The van der Waals surface area contributed by atoms with Crippen LogP contribution in [0.3, 0.4) is 0 Å². The van der Waals surface area contributed by atoms with E-state index in [9.17, 15) is 0 Å². The quantitative estimate of drug-likeness (QED) is 0.660. The normalized spacial score (nSPS) is 13.2. The van der Waals surface area contributed by atoms with Gasteiger partial charge in [-0.2, -0.15) is 0 Å². The number of nitrogens with zero attached hydrogens (tertiary/aromatic N) is 3. The molecule has 0 aliphatic rings. The first kappa shape index (κ1) is 14.8. The molecule has 2 heterocycles. The number of methoxy groups -OCH3 is 1. The molecule has 2 aromatic heterocycles. The predicted octanol–water partition coefficient (Wildman–Crippen LogP) is 1.79. The van der Waals surface area contributed by atoms with E-state index in [4.69, 9.17) is 10.6 Å². The van der Waals surface area contributed by atoms with Gasteiger partial charge in [0.05, 0.1) is 17.7 Å². The van der Waals surface area contributed by atoms with Crippen LogP contribution in [-0.2, 0) is 5.41 Å². The van der Waals surface area contributed by atoms with Crippen molar-refractivity contribution in [3.63, 3.8) is 0 Å². The highest BCUT2D eigenvalue weighted by Gasteiger charge is 2.29. The van der Waals surface area contributed by atoms with E-state index in [1.807, 2.05) is 12.1 Å². The maximum Gasteiger partial charge on any atom is 0.142 e. The molecular weight excluding hydrogens is 274 g/mol. The highest BCUT2D eigenvalue weighted by Crippen LogP contribution is 2.35. The molecule has 0 bridgehead atoms. The maximum absolute atomic E-state index is 5.74. The molecule has 0 spiro atoms. The third kappa shape index (κ3) is 2.79. The fraction of sp³-hybridized carbons (Fsp3) is 0.462. The van der Waals surface area contributed by atoms with Crippen LogP contribution in [0.15, 0.2) is 18.3 Å². The van der Waals surface area contributed by atoms with Crippen molar-refractivity contribution in [3.8, 4) is 5.75 Å². The number of aromatic nitrogens is 3. The minimum atomic E-state index is -0.291. The zero-order valence-corrected chi connectivity index (χ0v) is 12.9. The summed E-state index contributed by atoms with van der Waals surface area (Å²) in [5.41, 5.74) is 4.33. The summed E-state index contributed by atoms with van der Waals surface area (Å²) in [4.78, 5) is 5.34. The second kappa shape index (κ2) is 5.82. The van der Waals surface area contributed by atoms with E-state index >= 15 is 0 Å². The third-order valence-electron chi connectivity index (χ3n) is 2.95. The molecule has 0 amide bonds. The topological polar surface area (TPSA) is 86.0 Å². The summed E-state index contributed by atoms with van der Waals surface area (Å²) in [6.07, 6.45) is 1.72. The Labute approximate surface area is 122 Å². The zero-order valence-electron chi connectivity index (χ0n) is 12.0. The van der Waals surface area contributed by atoms with Gasteiger partial charge in [0.15, 0.2) is 0 Å². The van der Waals surface area contributed by atoms with Crippen LogP contribution in [0.4, 0.5) is 0 Å². The summed E-state index contributed by atoms with van der Waals surface area (Å²) in [6, 6.07) is 3.39. The first-order valence-corrected chi connectivity index (χ1v) is 7.04. The Morgan fingerprint density at radius 2 is 2.15 bits per heavy atom. The molecule has 2 rings (SSSR count). The molecule has 7 heteroatoms. The van der Waals surface area contributed by atoms with Gasteiger partial charge in [0.2, 0.25) is 0 Å². The largest absolute Gasteiger partial charge is 0.495 e. The lowest BCUT2D eigenvalue weighted by molar-refractivity contribution is 0.400. The Bertz CT molecular complexity index is 578. The summed E-state index contributed by atoms with van der Waals surface area (Å²) in [5, 5.41) is 4.24. The Morgan fingerprint density at radius 1 is 1.40 bits per heavy atom. The van der Waals surface area contributed by atoms with E-state index in [0.29, 0.717) is 5.75 Å². The van der Waals surface area contributed by atoms with Gasteiger partial charge in [-0.1, -0.05) is 25.3 Å². The number of nitrogens with two attached hydrogens (primary N) is 1. The lowest BCUT2D eigenvalue weighted by atomic mass is 9.89. The van der Waals surface area contributed by atoms with Gasteiger partial charge < -0.3 is 4.74 Å². The minimum Gasteiger partial charge on any atom is -0.495 e. The van der Waals surface area contributed by atoms with Crippen molar-refractivity contribution in [3.05, 3.63) is 34.6 Å². The van der Waals surface area contributed by atoms with Gasteiger partial charge in [0, 0.05) is 11.6 Å². The molecule has 0 saturated carbocycles. The third-order valence-corrected chi connectivity index (χ3v) is 3.73. The maximum atomic E-state index is 5.74. The van der Waals surface area contributed by atoms with Crippen molar-refractivity contribution in [2.24, 2.45) is 5.84 Å². The lowest BCUT2D eigenvalue weighted by Gasteiger charge is -2.22. The monoisotopic (exact) mass is 293 g/mol. The molecule has 1 atom stereocenters. The number of rotatable bonds is 4. The minimum absolute atomic E-state index is 0.112. The van der Waals surface area contributed by atoms with Gasteiger partial charge in [0.25, 0.3) is 0 Å². The van der Waals surface area contributed by atoms with Crippen molar-refractivity contribution >= 4 is 11.5 Å². The van der Waals surface area contributed by atoms with Crippen molar-refractivity contribution in [1.29, 1.82) is 0 Å². The van der Waals surface area contributed by atoms with Crippen LogP contribution < -0.4 is 16.0 Å². The van der Waals surface area contributed by atoms with E-state index in [2.05, 4.69) is 40.8 Å². The van der Waals surface area contributed by atoms with Gasteiger partial charge in [-0.05, 0) is 23.7 Å². The van der Waals surface area contributed by atoms with Gasteiger partial charge in [-0.3, -0.25) is 10.8 Å². The van der Waals surface area contributed by atoms with E-state index in [-0.39, 0.29) is 11.5 Å². The Balaban J connectivity index is 2.51. The number of hydrogen-bond acceptors (Lipinski definition) is 7. The number of pyridine rings is 1. The van der Waals surface area contributed by atoms with Gasteiger partial charge in [-0.25, -0.2) is 5.43 Å². The van der Waals surface area contributed by atoms with E-state index < -0.39 is 0 Å². The van der Waals surface area contributed by atoms with Gasteiger partial charge >= 0.3 is 0 Å². The standard InChI is InChI=1S/C13H19N5OS/c1-13(2,3)12-11(20-18-17-12)10(16-14)9-8(19-4)6-5-7-15-9/h5-7,10,16H,14H2,1-4H3. The van der Waals surface area contributed by atoms with Crippen LogP contribution in [0.25, 0.3) is 0 Å². The second-order valence-electron chi connectivity index (χ2n) is 5.43. The SMILES string of the molecule is COc1cccnc1C(NN)c1snnc1C(C)(C)C. The van der Waals surface area contributed by atoms with Crippen LogP contribution in [0.5, 0.6) is 5.75 Å². The first-order valence-electron chi connectivity index (χ1n) is 6.26. The number of hydrogen-bond donors (Lipinski definition) is 2. The smallest absolute Gasteiger partial charge is 0.142 e. The summed E-state index contributed by atoms with van der Waals surface area (Å²) in [5.74, 6) is 6.42. The number of ether oxygens (including phenoxy) is 1. The molecule has 3 N–H and O–H groups in total. The molecule has 6 nitrogen and oxygen atoms in total. The fourth-order valence-electron chi connectivity index (χ4n) is 1.98. The first-order chi connectivity index (χ1) is 9.49. The summed E-state index contributed by atoms with van der Waals surface area (Å²) in [6.45, 7) is 6.28. The van der Waals surface area contributed by atoms with E-state index in [0.717, 1.165) is 16.3 Å². The van der Waals surface area contributed by atoms with Gasteiger partial charge in [0.1, 0.15) is 17.5 Å². The molecule has 2 aromatic rings. The molecule has 0 radical (unpaired) electrons. The van der Waals surface area contributed by atoms with Crippen LogP contribution >= 0.6 is 11.5 Å². The van der Waals surface area contributed by atoms with Crippen molar-refractivity contribution < 1.29 is 4.74 Å². The lowest BCUT2D eigenvalue weighted by Crippen LogP contribution is -2.31. The summed E-state index contributed by atoms with van der Waals surface area (Å²) >= 11 is 1.32. The van der Waals surface area contributed by atoms with Crippen LogP contribution in [0.2, 0.25) is 0 Å². The summed E-state index contributed by atoms with van der Waals surface area (Å²) in [7, 11) is 1.61. The van der Waals surface area contributed by atoms with Crippen molar-refractivity contribution in [1.82, 2.24) is 20.0 Å². The molecule has 0 aromatic carbocycles. The van der Waals surface area contributed by atoms with Crippen molar-refractivity contribution in [2.45, 2.75) is 32.2 Å². The van der Waals surface area contributed by atoms with Crippen molar-refractivity contribution in [2.75, 3.05) is 7.11 Å². The summed E-state index contributed by atoms with van der Waals surface area (Å²) < 4.78 is 9.42. The van der Waals surface area contributed by atoms with Gasteiger partial charge in [-0.15, -0.1) is 5.10 Å². The van der Waals surface area contributed by atoms with E-state index in [1.54, 1.807) is 13.3 Å². The Hall–Kier alpha value is -1.57. The Kier molecular flexibility index (Phi) is 4.32. The molecule has 0 saturated heterocycles. The number of hydrazine groups is 1. The molecular formula is C13H19N5OS. The highest BCUT2D eigenvalue weighted by molar-refractivity contribution is 7.05. The fourth-order valence-corrected chi connectivity index (χ4v) is 2.91. The average Bonchev–Trinajstić information content (AvgIpc) is 2.89. The number of nitrogens with one attached hydrogen (secondary N) is 1. The molecule has 20 heavy (non-hydrogen) atoms. The average molecular weight is 293 g/mol. The molecule has 0 aliphatic carbocycles. The second-order valence-corrected chi connectivity index (χ2v) is 6.21. The van der Waals surface area contributed by atoms with Crippen LogP contribution in [0.1, 0.15) is 43.1 Å². The molecule has 108 valence electrons. The van der Waals surface area contributed by atoms with Crippen LogP contribution in [-0.4, -0.2) is 21.7 Å².